The highest BCUT2D eigenvalue weighted by molar-refractivity contribution is 5.11. The second-order valence-corrected chi connectivity index (χ2v) is 3.90. The maximum atomic E-state index is 4.54. The van der Waals surface area contributed by atoms with Crippen molar-refractivity contribution >= 4 is 0 Å². The quantitative estimate of drug-likeness (QED) is 0.787. The molecule has 2 heterocycles. The van der Waals surface area contributed by atoms with Crippen LogP contribution in [-0.4, -0.2) is 19.3 Å². The van der Waals surface area contributed by atoms with Crippen molar-refractivity contribution in [2.75, 3.05) is 0 Å². The number of hydrogen-bond acceptors (Lipinski definition) is 2. The zero-order chi connectivity index (χ0) is 11.5. The molecule has 86 valence electrons. The van der Waals surface area contributed by atoms with E-state index in [2.05, 4.69) is 39.2 Å². The van der Waals surface area contributed by atoms with Crippen LogP contribution in [0.4, 0.5) is 0 Å². The molecule has 0 saturated carbocycles. The van der Waals surface area contributed by atoms with Gasteiger partial charge in [0.2, 0.25) is 0 Å². The minimum absolute atomic E-state index is 0.854. The van der Waals surface area contributed by atoms with Gasteiger partial charge in [0.05, 0.1) is 17.9 Å². The lowest BCUT2D eigenvalue weighted by Crippen LogP contribution is -2.08. The maximum Gasteiger partial charge on any atom is 0.105 e. The Bertz CT molecular complexity index is 467. The van der Waals surface area contributed by atoms with E-state index >= 15 is 0 Å². The molecule has 2 aromatic heterocycles. The van der Waals surface area contributed by atoms with Crippen LogP contribution in [-0.2, 0) is 19.5 Å². The lowest BCUT2D eigenvalue weighted by Gasteiger charge is -2.06. The second-order valence-electron chi connectivity index (χ2n) is 3.90. The fourth-order valence-corrected chi connectivity index (χ4v) is 1.83. The molecule has 0 saturated heterocycles. The van der Waals surface area contributed by atoms with Gasteiger partial charge in [-0.1, -0.05) is 6.92 Å². The van der Waals surface area contributed by atoms with Crippen molar-refractivity contribution in [1.29, 1.82) is 0 Å². The van der Waals surface area contributed by atoms with E-state index in [0.717, 1.165) is 31.0 Å². The molecule has 2 aromatic rings. The fraction of sp³-hybridized carbons (Fsp3) is 0.500. The van der Waals surface area contributed by atoms with Crippen molar-refractivity contribution in [3.8, 4) is 0 Å². The van der Waals surface area contributed by atoms with E-state index < -0.39 is 0 Å². The highest BCUT2D eigenvalue weighted by Gasteiger charge is 2.07. The van der Waals surface area contributed by atoms with Gasteiger partial charge in [-0.2, -0.15) is 5.10 Å². The van der Waals surface area contributed by atoms with Crippen molar-refractivity contribution in [3.05, 3.63) is 35.7 Å². The van der Waals surface area contributed by atoms with Gasteiger partial charge in [0.15, 0.2) is 0 Å². The number of aromatic nitrogens is 4. The van der Waals surface area contributed by atoms with E-state index in [4.69, 9.17) is 0 Å². The van der Waals surface area contributed by atoms with Crippen LogP contribution in [0.3, 0.4) is 0 Å². The molecule has 4 nitrogen and oxygen atoms in total. The molecule has 0 aliphatic heterocycles. The van der Waals surface area contributed by atoms with E-state index in [1.807, 2.05) is 19.3 Å². The molecule has 0 N–H and O–H groups in total. The molecule has 0 fully saturated rings. The lowest BCUT2D eigenvalue weighted by atomic mass is 10.3. The topological polar surface area (TPSA) is 35.6 Å². The highest BCUT2D eigenvalue weighted by Crippen LogP contribution is 2.09. The maximum absolute atomic E-state index is 4.54. The summed E-state index contributed by atoms with van der Waals surface area (Å²) in [7, 11) is 0. The summed E-state index contributed by atoms with van der Waals surface area (Å²) in [6, 6.07) is 2.18. The molecule has 0 aromatic carbocycles. The zero-order valence-corrected chi connectivity index (χ0v) is 10.1. The number of hydrogen-bond donors (Lipinski definition) is 0. The van der Waals surface area contributed by atoms with Crippen LogP contribution < -0.4 is 0 Å². The predicted octanol–water partition coefficient (Wildman–Crippen LogP) is 2.02. The van der Waals surface area contributed by atoms with E-state index in [-0.39, 0.29) is 0 Å². The first-order chi connectivity index (χ1) is 7.74. The molecule has 0 aliphatic rings. The first-order valence-corrected chi connectivity index (χ1v) is 5.78. The first kappa shape index (κ1) is 10.9. The summed E-state index contributed by atoms with van der Waals surface area (Å²) in [5.74, 6) is 1.04. The minimum atomic E-state index is 0.854. The Morgan fingerprint density at radius 1 is 1.31 bits per heavy atom. The van der Waals surface area contributed by atoms with Gasteiger partial charge in [0, 0.05) is 18.9 Å². The number of rotatable bonds is 4. The Hall–Kier alpha value is -1.58. The van der Waals surface area contributed by atoms with Crippen molar-refractivity contribution in [3.63, 3.8) is 0 Å². The van der Waals surface area contributed by atoms with Crippen LogP contribution in [0.15, 0.2) is 18.5 Å². The molecule has 0 atom stereocenters. The van der Waals surface area contributed by atoms with Crippen LogP contribution in [0.25, 0.3) is 0 Å². The van der Waals surface area contributed by atoms with Gasteiger partial charge in [-0.25, -0.2) is 4.98 Å². The van der Waals surface area contributed by atoms with E-state index in [0.29, 0.717) is 0 Å². The van der Waals surface area contributed by atoms with E-state index in [1.54, 1.807) is 0 Å². The van der Waals surface area contributed by atoms with Gasteiger partial charge in [-0.3, -0.25) is 4.68 Å². The molecule has 0 radical (unpaired) electrons. The molecule has 2 rings (SSSR count). The molecule has 4 heteroatoms. The molecule has 16 heavy (non-hydrogen) atoms. The summed E-state index contributed by atoms with van der Waals surface area (Å²) in [5, 5.41) is 4.54. The molecule has 0 bridgehead atoms. The van der Waals surface area contributed by atoms with Gasteiger partial charge < -0.3 is 4.57 Å². The second kappa shape index (κ2) is 4.51. The van der Waals surface area contributed by atoms with Gasteiger partial charge in [-0.15, -0.1) is 0 Å². The van der Waals surface area contributed by atoms with Crippen molar-refractivity contribution in [2.24, 2.45) is 0 Å². The summed E-state index contributed by atoms with van der Waals surface area (Å²) >= 11 is 0. The predicted molar refractivity (Wildman–Crippen MR) is 63.3 cm³/mol. The fourth-order valence-electron chi connectivity index (χ4n) is 1.83. The Morgan fingerprint density at radius 3 is 2.69 bits per heavy atom. The number of nitrogens with zero attached hydrogens (tertiary/aromatic N) is 4. The van der Waals surface area contributed by atoms with Crippen molar-refractivity contribution in [2.45, 2.75) is 40.3 Å². The Balaban J connectivity index is 2.26. The van der Waals surface area contributed by atoms with Gasteiger partial charge in [0.1, 0.15) is 5.82 Å². The molecule has 0 aliphatic carbocycles. The normalized spacial score (nSPS) is 10.9. The molecule has 0 amide bonds. The standard InChI is InChI=1S/C12H18N4/c1-4-11-8-12(16(5-2)14-11)9-15-7-6-13-10(15)3/h6-8H,4-5,9H2,1-3H3. The molecule has 0 spiro atoms. The van der Waals surface area contributed by atoms with Crippen LogP contribution in [0.5, 0.6) is 0 Å². The average Bonchev–Trinajstić information content (AvgIpc) is 2.86. The Kier molecular flexibility index (Phi) is 3.08. The minimum Gasteiger partial charge on any atom is -0.329 e. The summed E-state index contributed by atoms with van der Waals surface area (Å²) in [5.41, 5.74) is 2.41. The van der Waals surface area contributed by atoms with Crippen LogP contribution in [0, 0.1) is 6.92 Å². The lowest BCUT2D eigenvalue weighted by molar-refractivity contribution is 0.590. The summed E-state index contributed by atoms with van der Waals surface area (Å²) in [4.78, 5) is 4.23. The molecular weight excluding hydrogens is 200 g/mol. The van der Waals surface area contributed by atoms with Gasteiger partial charge in [-0.05, 0) is 26.3 Å². The van der Waals surface area contributed by atoms with Crippen LogP contribution in [0.2, 0.25) is 0 Å². The Labute approximate surface area is 95.9 Å². The van der Waals surface area contributed by atoms with Gasteiger partial charge >= 0.3 is 0 Å². The van der Waals surface area contributed by atoms with E-state index in [9.17, 15) is 0 Å². The monoisotopic (exact) mass is 218 g/mol. The SMILES string of the molecule is CCc1cc(Cn2ccnc2C)n(CC)n1. The Morgan fingerprint density at radius 2 is 2.12 bits per heavy atom. The van der Waals surface area contributed by atoms with Crippen LogP contribution in [0.1, 0.15) is 31.1 Å². The smallest absolute Gasteiger partial charge is 0.105 e. The third kappa shape index (κ3) is 2.01. The van der Waals surface area contributed by atoms with Crippen molar-refractivity contribution < 1.29 is 0 Å². The summed E-state index contributed by atoms with van der Waals surface area (Å²) in [6.07, 6.45) is 4.83. The first-order valence-electron chi connectivity index (χ1n) is 5.78. The van der Waals surface area contributed by atoms with Gasteiger partial charge in [0.25, 0.3) is 0 Å². The summed E-state index contributed by atoms with van der Waals surface area (Å²) < 4.78 is 4.21. The third-order valence-electron chi connectivity index (χ3n) is 2.83. The molecular formula is C12H18N4. The number of imidazole rings is 1. The molecule has 0 unspecified atom stereocenters. The van der Waals surface area contributed by atoms with Crippen molar-refractivity contribution in [1.82, 2.24) is 19.3 Å². The van der Waals surface area contributed by atoms with E-state index in [1.165, 1.54) is 5.69 Å². The zero-order valence-electron chi connectivity index (χ0n) is 10.1. The largest absolute Gasteiger partial charge is 0.329 e. The third-order valence-corrected chi connectivity index (χ3v) is 2.83. The summed E-state index contributed by atoms with van der Waals surface area (Å²) in [6.45, 7) is 8.05. The number of aryl methyl sites for hydroxylation is 3. The highest BCUT2D eigenvalue weighted by atomic mass is 15.3. The average molecular weight is 218 g/mol. The van der Waals surface area contributed by atoms with Crippen LogP contribution >= 0.6 is 0 Å².